The highest BCUT2D eigenvalue weighted by Crippen LogP contribution is 2.45. The summed E-state index contributed by atoms with van der Waals surface area (Å²) in [6.45, 7) is 7.31. The van der Waals surface area contributed by atoms with E-state index in [4.69, 9.17) is 37.0 Å². The van der Waals surface area contributed by atoms with Crippen LogP contribution in [0.2, 0.25) is 0 Å². The molecule has 0 aromatic rings. The quantitative estimate of drug-likeness (QED) is 0.0222. The normalized spacial score (nSPS) is 13.9. The molecule has 0 saturated carbocycles. The molecule has 0 heterocycles. The van der Waals surface area contributed by atoms with Crippen LogP contribution in [-0.2, 0) is 65.4 Å². The maximum atomic E-state index is 13.1. The molecule has 2 unspecified atom stereocenters. The Hall–Kier alpha value is -1.94. The molecule has 0 aliphatic rings. The fraction of sp³-hybridized carbons (Fsp3) is 0.950. The van der Waals surface area contributed by atoms with Gasteiger partial charge in [-0.05, 0) is 31.6 Å². The highest BCUT2D eigenvalue weighted by molar-refractivity contribution is 7.47. The summed E-state index contributed by atoms with van der Waals surface area (Å²) in [4.78, 5) is 72.9. The number of rotatable bonds is 80. The number of aliphatic hydroxyl groups is 1. The zero-order valence-electron chi connectivity index (χ0n) is 64.6. The van der Waals surface area contributed by atoms with E-state index in [1.807, 2.05) is 0 Å². The van der Waals surface area contributed by atoms with Crippen LogP contribution in [0.15, 0.2) is 0 Å². The second-order valence-electron chi connectivity index (χ2n) is 29.3. The van der Waals surface area contributed by atoms with Crippen molar-refractivity contribution in [2.45, 2.75) is 445 Å². The van der Waals surface area contributed by atoms with Crippen molar-refractivity contribution < 1.29 is 80.2 Å². The predicted molar refractivity (Wildman–Crippen MR) is 405 cm³/mol. The second-order valence-corrected chi connectivity index (χ2v) is 32.2. The van der Waals surface area contributed by atoms with Gasteiger partial charge < -0.3 is 33.8 Å². The van der Waals surface area contributed by atoms with E-state index >= 15 is 0 Å². The molecule has 0 bridgehead atoms. The maximum Gasteiger partial charge on any atom is 0.472 e. The Morgan fingerprint density at radius 3 is 0.687 bits per heavy atom. The Kier molecular flexibility index (Phi) is 71.6. The molecular formula is C80H156O17P2. The average molecular weight is 1450 g/mol. The van der Waals surface area contributed by atoms with E-state index in [2.05, 4.69) is 34.6 Å². The molecule has 0 radical (unpaired) electrons. The van der Waals surface area contributed by atoms with Crippen molar-refractivity contribution >= 4 is 39.5 Å². The van der Waals surface area contributed by atoms with E-state index in [1.165, 1.54) is 244 Å². The van der Waals surface area contributed by atoms with Crippen LogP contribution >= 0.6 is 15.6 Å². The number of ether oxygens (including phenoxy) is 4. The van der Waals surface area contributed by atoms with E-state index in [0.29, 0.717) is 25.7 Å². The van der Waals surface area contributed by atoms with Crippen LogP contribution in [0.25, 0.3) is 0 Å². The monoisotopic (exact) mass is 1450 g/mol. The molecule has 5 atom stereocenters. The van der Waals surface area contributed by atoms with Crippen LogP contribution in [0.4, 0.5) is 0 Å². The van der Waals surface area contributed by atoms with E-state index in [1.54, 1.807) is 0 Å². The number of hydrogen-bond donors (Lipinski definition) is 3. The van der Waals surface area contributed by atoms with Gasteiger partial charge in [-0.15, -0.1) is 0 Å². The third kappa shape index (κ3) is 74.1. The molecule has 99 heavy (non-hydrogen) atoms. The summed E-state index contributed by atoms with van der Waals surface area (Å²) in [7, 11) is -9.91. The lowest BCUT2D eigenvalue weighted by molar-refractivity contribution is -0.161. The van der Waals surface area contributed by atoms with Crippen LogP contribution in [0.5, 0.6) is 0 Å². The zero-order chi connectivity index (χ0) is 72.7. The zero-order valence-corrected chi connectivity index (χ0v) is 66.4. The van der Waals surface area contributed by atoms with Crippen LogP contribution in [-0.4, -0.2) is 96.7 Å². The first-order valence-electron chi connectivity index (χ1n) is 41.6. The molecule has 0 spiro atoms. The number of aliphatic hydroxyl groups excluding tert-OH is 1. The molecule has 0 amide bonds. The Morgan fingerprint density at radius 2 is 0.465 bits per heavy atom. The molecule has 0 rings (SSSR count). The van der Waals surface area contributed by atoms with E-state index in [-0.39, 0.29) is 25.7 Å². The number of carbonyl (C=O) groups is 4. The van der Waals surface area contributed by atoms with Crippen LogP contribution in [0.3, 0.4) is 0 Å². The number of unbranched alkanes of at least 4 members (excludes halogenated alkanes) is 52. The van der Waals surface area contributed by atoms with Crippen LogP contribution in [0.1, 0.15) is 426 Å². The molecule has 3 N–H and O–H groups in total. The summed E-state index contributed by atoms with van der Waals surface area (Å²) in [6, 6.07) is 0. The summed E-state index contributed by atoms with van der Waals surface area (Å²) < 4.78 is 68.6. The van der Waals surface area contributed by atoms with E-state index in [0.717, 1.165) is 102 Å². The minimum Gasteiger partial charge on any atom is -0.462 e. The van der Waals surface area contributed by atoms with Gasteiger partial charge in [0.05, 0.1) is 26.4 Å². The number of esters is 4. The largest absolute Gasteiger partial charge is 0.472 e. The van der Waals surface area contributed by atoms with Gasteiger partial charge in [-0.25, -0.2) is 9.13 Å². The van der Waals surface area contributed by atoms with Gasteiger partial charge in [0.1, 0.15) is 19.3 Å². The van der Waals surface area contributed by atoms with Crippen molar-refractivity contribution in [3.8, 4) is 0 Å². The van der Waals surface area contributed by atoms with Gasteiger partial charge in [0.2, 0.25) is 0 Å². The first-order valence-corrected chi connectivity index (χ1v) is 44.6. The summed E-state index contributed by atoms with van der Waals surface area (Å²) in [5.41, 5.74) is 0. The second kappa shape index (κ2) is 73.0. The molecule has 19 heteroatoms. The molecule has 0 saturated heterocycles. The highest BCUT2D eigenvalue weighted by atomic mass is 31.2. The van der Waals surface area contributed by atoms with Gasteiger partial charge in [0, 0.05) is 25.7 Å². The first-order chi connectivity index (χ1) is 48.0. The molecule has 0 aliphatic heterocycles. The highest BCUT2D eigenvalue weighted by Gasteiger charge is 2.30. The standard InChI is InChI=1S/C80H156O17P2/c1-6-9-12-15-18-21-23-25-27-29-30-31-32-34-36-41-45-50-55-60-65-79(84)97-76(70-91-78(83)64-59-54-49-44-40-35-33-28-26-24-22-19-16-13-10-7-2)72-95-99(88,89)93-68-74(81)67-92-98(86,87)94-71-75(69-90-77(82)63-58-53-48-20-17-14-11-8-3)96-80(85)66-61-56-51-46-42-38-37-39-43-47-52-57-62-73(4)5/h73-76,81H,6-72H2,1-5H3,(H,86,87)(H,88,89)/t74-,75+,76+/m0/s1. The molecular weight excluding hydrogens is 1290 g/mol. The predicted octanol–water partition coefficient (Wildman–Crippen LogP) is 24.0. The Bertz CT molecular complexity index is 1890. The Morgan fingerprint density at radius 1 is 0.273 bits per heavy atom. The summed E-state index contributed by atoms with van der Waals surface area (Å²) in [5, 5.41) is 10.6. The molecule has 0 fully saturated rings. The van der Waals surface area contributed by atoms with Crippen LogP contribution in [0, 0.1) is 5.92 Å². The number of phosphoric ester groups is 2. The lowest BCUT2D eigenvalue weighted by Gasteiger charge is -2.21. The fourth-order valence-corrected chi connectivity index (χ4v) is 14.0. The van der Waals surface area contributed by atoms with Gasteiger partial charge in [-0.3, -0.25) is 37.3 Å². The van der Waals surface area contributed by atoms with Crippen molar-refractivity contribution in [1.82, 2.24) is 0 Å². The fourth-order valence-electron chi connectivity index (χ4n) is 12.4. The maximum absolute atomic E-state index is 13.1. The van der Waals surface area contributed by atoms with Crippen molar-refractivity contribution in [2.75, 3.05) is 39.6 Å². The molecule has 17 nitrogen and oxygen atoms in total. The van der Waals surface area contributed by atoms with Crippen molar-refractivity contribution in [3.05, 3.63) is 0 Å². The van der Waals surface area contributed by atoms with Crippen LogP contribution < -0.4 is 0 Å². The minimum absolute atomic E-state index is 0.107. The lowest BCUT2D eigenvalue weighted by Crippen LogP contribution is -2.30. The molecule has 0 aliphatic carbocycles. The molecule has 0 aromatic carbocycles. The summed E-state index contributed by atoms with van der Waals surface area (Å²) >= 11 is 0. The van der Waals surface area contributed by atoms with E-state index < -0.39 is 97.5 Å². The van der Waals surface area contributed by atoms with Gasteiger partial charge in [-0.2, -0.15) is 0 Å². The smallest absolute Gasteiger partial charge is 0.462 e. The van der Waals surface area contributed by atoms with Crippen molar-refractivity contribution in [2.24, 2.45) is 5.92 Å². The Labute approximate surface area is 607 Å². The van der Waals surface area contributed by atoms with Gasteiger partial charge in [-0.1, -0.05) is 375 Å². The number of carbonyl (C=O) groups excluding carboxylic acids is 4. The molecule has 0 aromatic heterocycles. The van der Waals surface area contributed by atoms with E-state index in [9.17, 15) is 43.2 Å². The summed E-state index contributed by atoms with van der Waals surface area (Å²) in [5.74, 6) is -1.33. The SMILES string of the molecule is CCCCCCCCCCCCCCCCCCCCCCC(=O)O[C@H](COC(=O)CCCCCCCCCCCCCCCCCC)COP(=O)(O)OC[C@@H](O)COP(=O)(O)OC[C@@H](COC(=O)CCCCCCCCCC)OC(=O)CCCCCCCCCCCCCCC(C)C. The average Bonchev–Trinajstić information content (AvgIpc) is 1.91. The third-order valence-corrected chi connectivity index (χ3v) is 20.7. The van der Waals surface area contributed by atoms with Crippen molar-refractivity contribution in [1.29, 1.82) is 0 Å². The molecule has 588 valence electrons. The Balaban J connectivity index is 5.20. The third-order valence-electron chi connectivity index (χ3n) is 18.8. The minimum atomic E-state index is -4.96. The van der Waals surface area contributed by atoms with Gasteiger partial charge in [0.25, 0.3) is 0 Å². The summed E-state index contributed by atoms with van der Waals surface area (Å²) in [6.07, 6.45) is 63.9. The van der Waals surface area contributed by atoms with Crippen molar-refractivity contribution in [3.63, 3.8) is 0 Å². The number of phosphoric acid groups is 2. The lowest BCUT2D eigenvalue weighted by atomic mass is 10.0. The van der Waals surface area contributed by atoms with Gasteiger partial charge >= 0.3 is 39.5 Å². The number of hydrogen-bond acceptors (Lipinski definition) is 15. The topological polar surface area (TPSA) is 237 Å². The first kappa shape index (κ1) is 97.1. The van der Waals surface area contributed by atoms with Gasteiger partial charge in [0.15, 0.2) is 12.2 Å².